The van der Waals surface area contributed by atoms with Crippen molar-refractivity contribution in [3.05, 3.63) is 218 Å². The molecule has 4 aromatic heterocycles. The number of furan rings is 1. The van der Waals surface area contributed by atoms with E-state index < -0.39 is 0 Å². The minimum atomic E-state index is 0.667. The molecule has 0 saturated heterocycles. The highest BCUT2D eigenvalue weighted by molar-refractivity contribution is 6.21. The summed E-state index contributed by atoms with van der Waals surface area (Å²) in [5.74, 6) is 0.667. The molecule has 0 fully saturated rings. The number of fused-ring (bicyclic) bond motifs is 14. The lowest BCUT2D eigenvalue weighted by Crippen LogP contribution is -1.99. The maximum atomic E-state index is 6.32. The molecule has 0 unspecified atom stereocenters. The van der Waals surface area contributed by atoms with Crippen molar-refractivity contribution in [1.29, 1.82) is 0 Å². The summed E-state index contributed by atoms with van der Waals surface area (Å²) in [6, 6.07) is 78.6. The number of benzene rings is 11. The Kier molecular flexibility index (Phi) is 7.44. The van der Waals surface area contributed by atoms with Gasteiger partial charge in [-0.15, -0.1) is 0 Å². The largest absolute Gasteiger partial charge is 0.456 e. The summed E-state index contributed by atoms with van der Waals surface area (Å²) in [6.45, 7) is 0. The van der Waals surface area contributed by atoms with E-state index in [1.807, 2.05) is 24.3 Å². The second-order valence-electron chi connectivity index (χ2n) is 17.6. The van der Waals surface area contributed by atoms with E-state index in [-0.39, 0.29) is 0 Å². The van der Waals surface area contributed by atoms with Crippen LogP contribution in [0.2, 0.25) is 0 Å². The maximum absolute atomic E-state index is 6.32. The zero-order valence-corrected chi connectivity index (χ0v) is 36.0. The van der Waals surface area contributed by atoms with E-state index in [1.54, 1.807) is 0 Å². The molecule has 4 heterocycles. The maximum Gasteiger partial charge on any atom is 0.161 e. The van der Waals surface area contributed by atoms with Crippen LogP contribution in [0.25, 0.3) is 143 Å². The van der Waals surface area contributed by atoms with Crippen molar-refractivity contribution in [2.24, 2.45) is 0 Å². The SMILES string of the molecule is c1cc(-n2c3ccccc3c3ccc4ccccc4c32)c2cc3c(cc2c1)c1ccccc1n3-c1ccc(-c2nc(-c3cccc4oc5ccccc5c34)nc3ccccc23)c2ccccc12. The van der Waals surface area contributed by atoms with Gasteiger partial charge in [-0.3, -0.25) is 0 Å². The lowest BCUT2D eigenvalue weighted by atomic mass is 9.97. The Bertz CT molecular complexity index is 4590. The van der Waals surface area contributed by atoms with E-state index in [0.29, 0.717) is 5.82 Å². The lowest BCUT2D eigenvalue weighted by Gasteiger charge is -2.17. The minimum absolute atomic E-state index is 0.667. The molecule has 0 atom stereocenters. The van der Waals surface area contributed by atoms with Crippen molar-refractivity contribution in [3.63, 3.8) is 0 Å². The molecule has 0 radical (unpaired) electrons. The molecule has 11 aromatic carbocycles. The molecule has 0 aliphatic rings. The van der Waals surface area contributed by atoms with Gasteiger partial charge in [0, 0.05) is 65.0 Å². The minimum Gasteiger partial charge on any atom is -0.456 e. The Balaban J connectivity index is 0.990. The third-order valence-corrected chi connectivity index (χ3v) is 14.1. The first-order chi connectivity index (χ1) is 33.2. The van der Waals surface area contributed by atoms with Gasteiger partial charge in [-0.2, -0.15) is 0 Å². The average Bonchev–Trinajstić information content (AvgIpc) is 4.05. The summed E-state index contributed by atoms with van der Waals surface area (Å²) in [5, 5.41) is 15.1. The zero-order chi connectivity index (χ0) is 43.7. The molecular formula is C62H36N4O. The highest BCUT2D eigenvalue weighted by Crippen LogP contribution is 2.44. The standard InChI is InChI=1S/C62H36N4O/c1-2-17-39-37(15-1)31-32-45-42-20-6-11-27-53(42)66(61(39)45)54-28-13-16-38-35-50-43-21-7-10-26-52(43)65(56(50)36-49(38)54)55-34-33-44(40-18-3-4-19-41(40)55)60-46-22-5-9-25-51(46)63-62(64-60)48-24-14-30-58-59(48)47-23-8-12-29-57(47)67-58/h1-36H. The Labute approximate surface area is 383 Å². The summed E-state index contributed by atoms with van der Waals surface area (Å²) < 4.78 is 11.3. The molecular weight excluding hydrogens is 817 g/mol. The second kappa shape index (κ2) is 13.7. The lowest BCUT2D eigenvalue weighted by molar-refractivity contribution is 0.669. The van der Waals surface area contributed by atoms with Crippen LogP contribution in [0.4, 0.5) is 0 Å². The normalized spacial score (nSPS) is 12.2. The Morgan fingerprint density at radius 3 is 1.84 bits per heavy atom. The summed E-state index contributed by atoms with van der Waals surface area (Å²) >= 11 is 0. The van der Waals surface area contributed by atoms with E-state index >= 15 is 0 Å². The molecule has 0 aliphatic heterocycles. The van der Waals surface area contributed by atoms with Crippen LogP contribution in [0.15, 0.2) is 223 Å². The van der Waals surface area contributed by atoms with E-state index in [4.69, 9.17) is 14.4 Å². The fourth-order valence-corrected chi connectivity index (χ4v) is 11.2. The Morgan fingerprint density at radius 1 is 0.328 bits per heavy atom. The van der Waals surface area contributed by atoms with E-state index in [0.717, 1.165) is 82.8 Å². The van der Waals surface area contributed by atoms with Gasteiger partial charge in [0.1, 0.15) is 11.2 Å². The van der Waals surface area contributed by atoms with Gasteiger partial charge in [-0.25, -0.2) is 9.97 Å². The smallest absolute Gasteiger partial charge is 0.161 e. The van der Waals surface area contributed by atoms with Gasteiger partial charge < -0.3 is 13.6 Å². The van der Waals surface area contributed by atoms with Crippen LogP contribution in [0, 0.1) is 0 Å². The van der Waals surface area contributed by atoms with Gasteiger partial charge in [-0.05, 0) is 70.8 Å². The fourth-order valence-electron chi connectivity index (χ4n) is 11.2. The van der Waals surface area contributed by atoms with Gasteiger partial charge in [0.25, 0.3) is 0 Å². The summed E-state index contributed by atoms with van der Waals surface area (Å²) in [4.78, 5) is 10.7. The van der Waals surface area contributed by atoms with Crippen molar-refractivity contribution in [3.8, 4) is 34.0 Å². The van der Waals surface area contributed by atoms with Crippen LogP contribution in [0.3, 0.4) is 0 Å². The summed E-state index contributed by atoms with van der Waals surface area (Å²) in [6.07, 6.45) is 0. The van der Waals surface area contributed by atoms with Crippen LogP contribution in [0.1, 0.15) is 0 Å². The molecule has 5 heteroatoms. The van der Waals surface area contributed by atoms with E-state index in [1.165, 1.54) is 54.1 Å². The van der Waals surface area contributed by atoms with Crippen molar-refractivity contribution < 1.29 is 4.42 Å². The molecule has 0 N–H and O–H groups in total. The van der Waals surface area contributed by atoms with Crippen molar-refractivity contribution in [1.82, 2.24) is 19.1 Å². The van der Waals surface area contributed by atoms with Crippen LogP contribution < -0.4 is 0 Å². The van der Waals surface area contributed by atoms with Crippen LogP contribution in [-0.2, 0) is 0 Å². The molecule has 0 amide bonds. The monoisotopic (exact) mass is 852 g/mol. The molecule has 67 heavy (non-hydrogen) atoms. The number of nitrogens with zero attached hydrogens (tertiary/aromatic N) is 4. The third-order valence-electron chi connectivity index (χ3n) is 14.1. The van der Waals surface area contributed by atoms with Crippen molar-refractivity contribution in [2.45, 2.75) is 0 Å². The van der Waals surface area contributed by atoms with Gasteiger partial charge in [0.2, 0.25) is 0 Å². The number of hydrogen-bond donors (Lipinski definition) is 0. The topological polar surface area (TPSA) is 48.8 Å². The van der Waals surface area contributed by atoms with Gasteiger partial charge in [0.05, 0.1) is 44.7 Å². The number of hydrogen-bond acceptors (Lipinski definition) is 3. The van der Waals surface area contributed by atoms with Crippen LogP contribution in [-0.4, -0.2) is 19.1 Å². The number of aromatic nitrogens is 4. The molecule has 310 valence electrons. The van der Waals surface area contributed by atoms with E-state index in [9.17, 15) is 0 Å². The second-order valence-corrected chi connectivity index (χ2v) is 17.6. The highest BCUT2D eigenvalue weighted by atomic mass is 16.3. The van der Waals surface area contributed by atoms with Gasteiger partial charge >= 0.3 is 0 Å². The molecule has 0 saturated carbocycles. The first kappa shape index (κ1) is 36.3. The Morgan fingerprint density at radius 2 is 0.970 bits per heavy atom. The third kappa shape index (κ3) is 5.14. The number of rotatable bonds is 4. The fraction of sp³-hybridized carbons (Fsp3) is 0. The summed E-state index contributed by atoms with van der Waals surface area (Å²) in [7, 11) is 0. The number of para-hydroxylation sites is 4. The molecule has 0 aliphatic carbocycles. The first-order valence-corrected chi connectivity index (χ1v) is 22.8. The first-order valence-electron chi connectivity index (χ1n) is 22.8. The molecule has 5 nitrogen and oxygen atoms in total. The zero-order valence-electron chi connectivity index (χ0n) is 36.0. The van der Waals surface area contributed by atoms with Crippen molar-refractivity contribution in [2.75, 3.05) is 0 Å². The van der Waals surface area contributed by atoms with Crippen LogP contribution >= 0.6 is 0 Å². The quantitative estimate of drug-likeness (QED) is 0.177. The summed E-state index contributed by atoms with van der Waals surface area (Å²) in [5.41, 5.74) is 12.4. The predicted molar refractivity (Wildman–Crippen MR) is 279 cm³/mol. The molecule has 0 spiro atoms. The highest BCUT2D eigenvalue weighted by Gasteiger charge is 2.22. The molecule has 0 bridgehead atoms. The Hall–Kier alpha value is -9.06. The van der Waals surface area contributed by atoms with Crippen LogP contribution in [0.5, 0.6) is 0 Å². The van der Waals surface area contributed by atoms with Crippen molar-refractivity contribution >= 4 is 109 Å². The molecule has 15 rings (SSSR count). The predicted octanol–water partition coefficient (Wildman–Crippen LogP) is 16.5. The van der Waals surface area contributed by atoms with Gasteiger partial charge in [-0.1, -0.05) is 164 Å². The average molecular weight is 853 g/mol. The molecule has 15 aromatic rings. The van der Waals surface area contributed by atoms with Gasteiger partial charge in [0.15, 0.2) is 5.82 Å². The van der Waals surface area contributed by atoms with E-state index in [2.05, 4.69) is 203 Å².